The smallest absolute Gasteiger partial charge is 0.316 e. The number of aliphatic hydroxyl groups excluding tert-OH is 2. The topological polar surface area (TPSA) is 150 Å². The van der Waals surface area contributed by atoms with Crippen molar-refractivity contribution >= 4 is 11.9 Å². The largest absolute Gasteiger partial charge is 0.462 e. The summed E-state index contributed by atoms with van der Waals surface area (Å²) in [5.41, 5.74) is 1.05. The molecule has 3 fully saturated rings. The molecule has 0 aromatic carbocycles. The van der Waals surface area contributed by atoms with Gasteiger partial charge in [-0.15, -0.1) is 0 Å². The lowest BCUT2D eigenvalue weighted by Crippen LogP contribution is -2.67. The molecule has 0 amide bonds. The van der Waals surface area contributed by atoms with Crippen molar-refractivity contribution in [1.29, 1.82) is 0 Å². The van der Waals surface area contributed by atoms with Gasteiger partial charge in [-0.05, 0) is 56.4 Å². The highest BCUT2D eigenvalue weighted by molar-refractivity contribution is 5.78. The summed E-state index contributed by atoms with van der Waals surface area (Å²) in [5, 5.41) is 35.7. The molecule has 0 aromatic rings. The van der Waals surface area contributed by atoms with Crippen molar-refractivity contribution in [2.24, 2.45) is 23.7 Å². The molecular weight excluding hydrogens is 644 g/mol. The van der Waals surface area contributed by atoms with Crippen LogP contribution in [0, 0.1) is 23.7 Å². The second-order valence-corrected chi connectivity index (χ2v) is 15.1. The summed E-state index contributed by atoms with van der Waals surface area (Å²) >= 11 is 0. The maximum Gasteiger partial charge on any atom is 0.316 e. The molecule has 11 heteroatoms. The van der Waals surface area contributed by atoms with Crippen LogP contribution in [0.25, 0.3) is 0 Å². The average Bonchev–Trinajstić information content (AvgIpc) is 3.41. The lowest BCUT2D eigenvalue weighted by Gasteiger charge is -2.54. The van der Waals surface area contributed by atoms with Gasteiger partial charge in [-0.1, -0.05) is 64.2 Å². The third-order valence-corrected chi connectivity index (χ3v) is 11.3. The molecule has 278 valence electrons. The molecule has 0 aromatic heterocycles. The van der Waals surface area contributed by atoms with Crippen LogP contribution in [0.5, 0.6) is 0 Å². The molecular formula is C39H56O11. The number of aliphatic hydroxyl groups is 3. The van der Waals surface area contributed by atoms with Crippen LogP contribution in [0.1, 0.15) is 74.7 Å². The van der Waals surface area contributed by atoms with Crippen molar-refractivity contribution in [3.63, 3.8) is 0 Å². The van der Waals surface area contributed by atoms with Gasteiger partial charge >= 0.3 is 11.9 Å². The van der Waals surface area contributed by atoms with Crippen molar-refractivity contribution in [3.05, 3.63) is 58.7 Å². The Morgan fingerprint density at radius 2 is 1.84 bits per heavy atom. The standard InChI is InChI=1S/C39H56O11/c1-10-21(4)31-25(8)33(48-36(42)20(2)3)34(41)38(50-31)18-28-17-27(49-38)15-14-23(6)30(40)22(5)12-11-13-26-19-46-35-32(45-9)24(7)16-29(37(43)47-28)39(26,35)44/h10-14,16,20,22,25,27-35,40-41,44H,15,17-19H2,1-9H3/b12-11+,21-10+,23-14+,26-13+/t22-,25+,27?,28-,29-,30+,31+,32+,33-,34+,35+,38-,39+/m0/s1. The Bertz CT molecular complexity index is 1440. The van der Waals surface area contributed by atoms with E-state index in [1.165, 1.54) is 7.11 Å². The highest BCUT2D eigenvalue weighted by Gasteiger charge is 2.62. The Kier molecular flexibility index (Phi) is 11.7. The molecule has 1 unspecified atom stereocenters. The van der Waals surface area contributed by atoms with Crippen molar-refractivity contribution in [3.8, 4) is 0 Å². The Morgan fingerprint density at radius 3 is 2.50 bits per heavy atom. The second-order valence-electron chi connectivity index (χ2n) is 15.1. The number of hydrogen-bond acceptors (Lipinski definition) is 11. The van der Waals surface area contributed by atoms with Gasteiger partial charge in [0.1, 0.15) is 42.0 Å². The van der Waals surface area contributed by atoms with Crippen LogP contribution in [0.4, 0.5) is 0 Å². The summed E-state index contributed by atoms with van der Waals surface area (Å²) in [7, 11) is 1.54. The minimum absolute atomic E-state index is 0.0470. The van der Waals surface area contributed by atoms with Gasteiger partial charge in [-0.25, -0.2) is 0 Å². The Morgan fingerprint density at radius 1 is 1.12 bits per heavy atom. The molecule has 50 heavy (non-hydrogen) atoms. The van der Waals surface area contributed by atoms with E-state index in [0.717, 1.165) is 16.7 Å². The predicted molar refractivity (Wildman–Crippen MR) is 184 cm³/mol. The van der Waals surface area contributed by atoms with E-state index < -0.39 is 89.9 Å². The normalized spacial score (nSPS) is 45.5. The minimum Gasteiger partial charge on any atom is -0.462 e. The van der Waals surface area contributed by atoms with Crippen molar-refractivity contribution in [1.82, 2.24) is 0 Å². The van der Waals surface area contributed by atoms with E-state index in [9.17, 15) is 24.9 Å². The van der Waals surface area contributed by atoms with Crippen LogP contribution >= 0.6 is 0 Å². The van der Waals surface area contributed by atoms with E-state index in [1.54, 1.807) is 32.1 Å². The molecule has 5 aliphatic rings. The maximum absolute atomic E-state index is 14.3. The SMILES string of the molecule is C/C=C(\C)[C@H]1O[C@@]2(C[C@@H]3CC(C/C=C(\C)[C@H](O)[C@@H](C)/C=C/C=C4\CO[C@@H]5[C@H](OC)C(C)=C[C@@H](C(=O)O3)[C@]45O)O2)[C@H](O)[C@@H](OC(=O)C(C)C)[C@@H]1C. The summed E-state index contributed by atoms with van der Waals surface area (Å²) in [6, 6.07) is 0. The van der Waals surface area contributed by atoms with Crippen molar-refractivity contribution in [2.45, 2.75) is 135 Å². The summed E-state index contributed by atoms with van der Waals surface area (Å²) in [6.07, 6.45) is 4.77. The van der Waals surface area contributed by atoms with Gasteiger partial charge in [-0.3, -0.25) is 9.59 Å². The number of allylic oxidation sites excluding steroid dienone is 3. The first-order valence-corrected chi connectivity index (χ1v) is 17.9. The third kappa shape index (κ3) is 7.07. The molecule has 3 N–H and O–H groups in total. The Hall–Kier alpha value is -2.64. The summed E-state index contributed by atoms with van der Waals surface area (Å²) in [6.45, 7) is 14.8. The number of carbonyl (C=O) groups is 2. The molecule has 1 spiro atoms. The number of methoxy groups -OCH3 is 1. The number of fused-ring (bicyclic) bond motifs is 2. The lowest BCUT2D eigenvalue weighted by molar-refractivity contribution is -0.380. The molecule has 13 atom stereocenters. The van der Waals surface area contributed by atoms with E-state index in [2.05, 4.69) is 0 Å². The number of ether oxygens (including phenoxy) is 6. The van der Waals surface area contributed by atoms with Crippen molar-refractivity contribution < 1.29 is 53.3 Å². The van der Waals surface area contributed by atoms with E-state index in [0.29, 0.717) is 12.0 Å². The van der Waals surface area contributed by atoms with Gasteiger partial charge in [0.25, 0.3) is 0 Å². The molecule has 4 heterocycles. The zero-order valence-electron chi connectivity index (χ0n) is 30.8. The predicted octanol–water partition coefficient (Wildman–Crippen LogP) is 4.25. The first kappa shape index (κ1) is 38.6. The number of carbonyl (C=O) groups excluding carboxylic acids is 2. The second kappa shape index (κ2) is 15.1. The van der Waals surface area contributed by atoms with E-state index in [-0.39, 0.29) is 25.4 Å². The molecule has 0 saturated carbocycles. The first-order valence-electron chi connectivity index (χ1n) is 17.9. The fraction of sp³-hybridized carbons (Fsp3) is 0.692. The first-order chi connectivity index (χ1) is 23.6. The van der Waals surface area contributed by atoms with E-state index >= 15 is 0 Å². The van der Waals surface area contributed by atoms with Crippen LogP contribution in [0.15, 0.2) is 58.7 Å². The van der Waals surface area contributed by atoms with Crippen molar-refractivity contribution in [2.75, 3.05) is 13.7 Å². The minimum atomic E-state index is -1.76. The number of hydrogen-bond donors (Lipinski definition) is 3. The quantitative estimate of drug-likeness (QED) is 0.285. The average molecular weight is 701 g/mol. The third-order valence-electron chi connectivity index (χ3n) is 11.3. The molecule has 2 bridgehead atoms. The van der Waals surface area contributed by atoms with E-state index in [4.69, 9.17) is 28.4 Å². The van der Waals surface area contributed by atoms with Crippen LogP contribution in [-0.4, -0.2) is 101 Å². The van der Waals surface area contributed by atoms with Crippen LogP contribution < -0.4 is 0 Å². The lowest BCUT2D eigenvalue weighted by atomic mass is 9.70. The van der Waals surface area contributed by atoms with E-state index in [1.807, 2.05) is 59.8 Å². The zero-order chi connectivity index (χ0) is 36.7. The highest BCUT2D eigenvalue weighted by atomic mass is 16.7. The highest BCUT2D eigenvalue weighted by Crippen LogP contribution is 2.48. The Balaban J connectivity index is 1.60. The molecule has 4 aliphatic heterocycles. The number of esters is 2. The molecule has 0 radical (unpaired) electrons. The number of rotatable bonds is 4. The van der Waals surface area contributed by atoms with Gasteiger partial charge in [0.2, 0.25) is 5.79 Å². The molecule has 1 aliphatic carbocycles. The van der Waals surface area contributed by atoms with Gasteiger partial charge in [-0.2, -0.15) is 0 Å². The fourth-order valence-electron chi connectivity index (χ4n) is 8.09. The van der Waals surface area contributed by atoms with Crippen LogP contribution in [-0.2, 0) is 38.0 Å². The maximum atomic E-state index is 14.3. The molecule has 5 rings (SSSR count). The van der Waals surface area contributed by atoms with Gasteiger partial charge in [0.15, 0.2) is 0 Å². The van der Waals surface area contributed by atoms with Gasteiger partial charge in [0.05, 0.1) is 30.8 Å². The summed E-state index contributed by atoms with van der Waals surface area (Å²) in [4.78, 5) is 27.3. The monoisotopic (exact) mass is 700 g/mol. The summed E-state index contributed by atoms with van der Waals surface area (Å²) in [5.74, 6) is -5.06. The van der Waals surface area contributed by atoms with Crippen LogP contribution in [0.2, 0.25) is 0 Å². The van der Waals surface area contributed by atoms with Crippen LogP contribution in [0.3, 0.4) is 0 Å². The fourth-order valence-corrected chi connectivity index (χ4v) is 8.09. The summed E-state index contributed by atoms with van der Waals surface area (Å²) < 4.78 is 37.5. The molecule has 11 nitrogen and oxygen atoms in total. The van der Waals surface area contributed by atoms with Gasteiger partial charge in [0, 0.05) is 31.8 Å². The van der Waals surface area contributed by atoms with Gasteiger partial charge < -0.3 is 43.7 Å². The molecule has 3 saturated heterocycles. The zero-order valence-corrected chi connectivity index (χ0v) is 30.8. The Labute approximate surface area is 296 Å².